The van der Waals surface area contributed by atoms with Crippen LogP contribution in [-0.2, 0) is 9.47 Å². The van der Waals surface area contributed by atoms with Crippen molar-refractivity contribution in [2.45, 2.75) is 67.5 Å². The molecule has 8 N–H and O–H groups in total. The standard InChI is InChI=1S/C21H28O10/c22-7-6-13-16(25)19(28)20(29)21(31-13)11-3-1-2-10(8-11)4-5-12-15(24)18(27)17(26)14(9-23)30-12/h1-3,8,12-29H,6-7,9H2/t12-,13-,14-,15-,16-,17-,18-,19+,20+,21-/m1/s1. The lowest BCUT2D eigenvalue weighted by Crippen LogP contribution is -2.58. The van der Waals surface area contributed by atoms with Crippen LogP contribution < -0.4 is 0 Å². The van der Waals surface area contributed by atoms with Crippen LogP contribution in [0.4, 0.5) is 0 Å². The third-order valence-electron chi connectivity index (χ3n) is 5.59. The largest absolute Gasteiger partial charge is 0.396 e. The summed E-state index contributed by atoms with van der Waals surface area (Å²) in [5, 5.41) is 78.7. The van der Waals surface area contributed by atoms with Gasteiger partial charge in [0, 0.05) is 12.2 Å². The first-order valence-corrected chi connectivity index (χ1v) is 10.0. The predicted molar refractivity (Wildman–Crippen MR) is 104 cm³/mol. The molecule has 0 unspecified atom stereocenters. The zero-order valence-electron chi connectivity index (χ0n) is 16.6. The van der Waals surface area contributed by atoms with Gasteiger partial charge in [-0.15, -0.1) is 0 Å². The van der Waals surface area contributed by atoms with E-state index in [-0.39, 0.29) is 13.0 Å². The maximum atomic E-state index is 10.4. The zero-order valence-corrected chi connectivity index (χ0v) is 16.6. The second-order valence-electron chi connectivity index (χ2n) is 7.72. The van der Waals surface area contributed by atoms with Crippen LogP contribution in [0.1, 0.15) is 23.7 Å². The van der Waals surface area contributed by atoms with Gasteiger partial charge in [-0.1, -0.05) is 24.0 Å². The van der Waals surface area contributed by atoms with E-state index in [1.807, 2.05) is 0 Å². The molecule has 10 atom stereocenters. The molecule has 0 radical (unpaired) electrons. The predicted octanol–water partition coefficient (Wildman–Crippen LogP) is -3.21. The molecule has 10 nitrogen and oxygen atoms in total. The van der Waals surface area contributed by atoms with Crippen LogP contribution in [0.5, 0.6) is 0 Å². The Kier molecular flexibility index (Phi) is 8.01. The number of aliphatic hydroxyl groups is 8. The number of benzene rings is 1. The van der Waals surface area contributed by atoms with Crippen molar-refractivity contribution in [2.75, 3.05) is 13.2 Å². The van der Waals surface area contributed by atoms with Crippen molar-refractivity contribution in [3.63, 3.8) is 0 Å². The lowest BCUT2D eigenvalue weighted by atomic mass is 9.89. The van der Waals surface area contributed by atoms with Crippen molar-refractivity contribution >= 4 is 0 Å². The summed E-state index contributed by atoms with van der Waals surface area (Å²) >= 11 is 0. The van der Waals surface area contributed by atoms with Crippen LogP contribution in [-0.4, -0.2) is 109 Å². The van der Waals surface area contributed by atoms with E-state index in [0.717, 1.165) is 0 Å². The molecule has 0 aromatic heterocycles. The quantitative estimate of drug-likeness (QED) is 0.222. The van der Waals surface area contributed by atoms with Crippen LogP contribution in [0, 0.1) is 11.8 Å². The minimum Gasteiger partial charge on any atom is -0.396 e. The van der Waals surface area contributed by atoms with Gasteiger partial charge in [-0.3, -0.25) is 0 Å². The van der Waals surface area contributed by atoms with Gasteiger partial charge < -0.3 is 50.3 Å². The van der Waals surface area contributed by atoms with E-state index in [9.17, 15) is 35.7 Å². The average Bonchev–Trinajstić information content (AvgIpc) is 2.77. The van der Waals surface area contributed by atoms with Crippen LogP contribution >= 0.6 is 0 Å². The molecule has 1 aromatic carbocycles. The van der Waals surface area contributed by atoms with Gasteiger partial charge in [-0.25, -0.2) is 0 Å². The van der Waals surface area contributed by atoms with E-state index in [2.05, 4.69) is 11.8 Å². The van der Waals surface area contributed by atoms with Gasteiger partial charge in [0.15, 0.2) is 0 Å². The summed E-state index contributed by atoms with van der Waals surface area (Å²) in [6.07, 6.45) is -12.6. The molecule has 3 rings (SSSR count). The Morgan fingerprint density at radius 1 is 0.774 bits per heavy atom. The molecule has 0 aliphatic carbocycles. The molecule has 1 aromatic rings. The van der Waals surface area contributed by atoms with E-state index < -0.39 is 67.6 Å². The number of rotatable bonds is 4. The second kappa shape index (κ2) is 10.3. The molecule has 172 valence electrons. The monoisotopic (exact) mass is 440 g/mol. The molecular formula is C21H28O10. The molecule has 2 heterocycles. The Balaban J connectivity index is 1.80. The molecule has 31 heavy (non-hydrogen) atoms. The van der Waals surface area contributed by atoms with E-state index in [1.54, 1.807) is 24.3 Å². The number of ether oxygens (including phenoxy) is 2. The van der Waals surface area contributed by atoms with Crippen molar-refractivity contribution in [3.05, 3.63) is 35.4 Å². The van der Waals surface area contributed by atoms with Gasteiger partial charge >= 0.3 is 0 Å². The Hall–Kier alpha value is -1.62. The van der Waals surface area contributed by atoms with E-state index >= 15 is 0 Å². The molecule has 2 aliphatic rings. The molecule has 2 saturated heterocycles. The lowest BCUT2D eigenvalue weighted by Gasteiger charge is -2.40. The molecule has 0 spiro atoms. The maximum absolute atomic E-state index is 10.4. The molecule has 2 fully saturated rings. The van der Waals surface area contributed by atoms with Gasteiger partial charge in [-0.2, -0.15) is 0 Å². The van der Waals surface area contributed by atoms with Crippen molar-refractivity contribution in [1.29, 1.82) is 0 Å². The number of hydrogen-bond acceptors (Lipinski definition) is 10. The Bertz CT molecular complexity index is 790. The first kappa shape index (κ1) is 24.0. The highest BCUT2D eigenvalue weighted by Crippen LogP contribution is 2.33. The Labute approximate surface area is 178 Å². The number of hydrogen-bond donors (Lipinski definition) is 8. The van der Waals surface area contributed by atoms with E-state index in [4.69, 9.17) is 14.6 Å². The Morgan fingerprint density at radius 3 is 2.13 bits per heavy atom. The van der Waals surface area contributed by atoms with Crippen molar-refractivity contribution in [3.8, 4) is 11.8 Å². The summed E-state index contributed by atoms with van der Waals surface area (Å²) in [4.78, 5) is 0. The van der Waals surface area contributed by atoms with Gasteiger partial charge in [0.05, 0.1) is 12.7 Å². The smallest absolute Gasteiger partial charge is 0.147 e. The third kappa shape index (κ3) is 5.08. The summed E-state index contributed by atoms with van der Waals surface area (Å²) in [6.45, 7) is -0.819. The maximum Gasteiger partial charge on any atom is 0.147 e. The SMILES string of the molecule is OCC[C@H]1O[C@H](c2cccc(C#C[C@H]3O[C@H](CO)[C@@H](O)[C@H](O)[C@@H]3O)c2)[C@@H](O)[C@@H](O)[C@@H]1O. The van der Waals surface area contributed by atoms with Crippen molar-refractivity contribution in [2.24, 2.45) is 0 Å². The summed E-state index contributed by atoms with van der Waals surface area (Å²) in [5.41, 5.74) is 0.923. The second-order valence-corrected chi connectivity index (χ2v) is 7.72. The highest BCUT2D eigenvalue weighted by molar-refractivity contribution is 5.39. The van der Waals surface area contributed by atoms with Gasteiger partial charge in [0.2, 0.25) is 0 Å². The first-order valence-electron chi connectivity index (χ1n) is 10.0. The van der Waals surface area contributed by atoms with Crippen molar-refractivity contribution < 1.29 is 50.3 Å². The first-order chi connectivity index (χ1) is 14.8. The molecule has 0 amide bonds. The normalized spacial score (nSPS) is 40.8. The van der Waals surface area contributed by atoms with Crippen LogP contribution in [0.15, 0.2) is 24.3 Å². The Morgan fingerprint density at radius 2 is 1.45 bits per heavy atom. The zero-order chi connectivity index (χ0) is 22.7. The highest BCUT2D eigenvalue weighted by atomic mass is 16.5. The topological polar surface area (TPSA) is 180 Å². The minimum absolute atomic E-state index is 0.0814. The summed E-state index contributed by atoms with van der Waals surface area (Å²) in [7, 11) is 0. The van der Waals surface area contributed by atoms with Crippen LogP contribution in [0.3, 0.4) is 0 Å². The highest BCUT2D eigenvalue weighted by Gasteiger charge is 2.44. The van der Waals surface area contributed by atoms with Gasteiger partial charge in [0.1, 0.15) is 54.9 Å². The van der Waals surface area contributed by atoms with Crippen LogP contribution in [0.25, 0.3) is 0 Å². The van der Waals surface area contributed by atoms with Gasteiger partial charge in [0.25, 0.3) is 0 Å². The fraction of sp³-hybridized carbons (Fsp3) is 0.619. The summed E-state index contributed by atoms with van der Waals surface area (Å²) in [5.74, 6) is 5.44. The molecule has 2 aliphatic heterocycles. The van der Waals surface area contributed by atoms with Gasteiger partial charge in [-0.05, 0) is 24.1 Å². The number of aliphatic hydroxyl groups excluding tert-OH is 8. The van der Waals surface area contributed by atoms with Crippen LogP contribution in [0.2, 0.25) is 0 Å². The molecule has 10 heteroatoms. The molecule has 0 saturated carbocycles. The van der Waals surface area contributed by atoms with E-state index in [1.165, 1.54) is 0 Å². The fourth-order valence-corrected chi connectivity index (χ4v) is 3.76. The summed E-state index contributed by atoms with van der Waals surface area (Å²) < 4.78 is 11.1. The fourth-order valence-electron chi connectivity index (χ4n) is 3.76. The van der Waals surface area contributed by atoms with Crippen molar-refractivity contribution in [1.82, 2.24) is 0 Å². The minimum atomic E-state index is -1.53. The lowest BCUT2D eigenvalue weighted by molar-refractivity contribution is -0.227. The molecular weight excluding hydrogens is 412 g/mol. The average molecular weight is 440 g/mol. The third-order valence-corrected chi connectivity index (χ3v) is 5.59. The molecule has 0 bridgehead atoms. The summed E-state index contributed by atoms with van der Waals surface area (Å²) in [6, 6.07) is 6.52. The van der Waals surface area contributed by atoms with E-state index in [0.29, 0.717) is 11.1 Å².